The molecule has 0 aliphatic rings. The van der Waals surface area contributed by atoms with Gasteiger partial charge in [0.05, 0.1) is 10.9 Å². The normalized spacial score (nSPS) is 11.5. The Bertz CT molecular complexity index is 977. The van der Waals surface area contributed by atoms with Crippen molar-refractivity contribution in [2.75, 3.05) is 5.75 Å². The van der Waals surface area contributed by atoms with Gasteiger partial charge in [0.15, 0.2) is 5.16 Å². The van der Waals surface area contributed by atoms with E-state index in [1.165, 1.54) is 0 Å². The van der Waals surface area contributed by atoms with Gasteiger partial charge < -0.3 is 4.79 Å². The lowest BCUT2D eigenvalue weighted by Gasteiger charge is -2.11. The largest absolute Gasteiger partial charge is 0.300 e. The van der Waals surface area contributed by atoms with Gasteiger partial charge in [0, 0.05) is 18.7 Å². The van der Waals surface area contributed by atoms with Crippen LogP contribution in [0.3, 0.4) is 0 Å². The summed E-state index contributed by atoms with van der Waals surface area (Å²) >= 11 is 1.58. The molecule has 0 atom stereocenters. The molecule has 7 heteroatoms. The maximum atomic E-state index is 12.9. The Morgan fingerprint density at radius 3 is 2.73 bits per heavy atom. The minimum atomic E-state index is -0.00951. The number of hydrogen-bond donors (Lipinski definition) is 0. The highest BCUT2D eigenvalue weighted by molar-refractivity contribution is 7.99. The number of carbonyl (C=O) groups is 1. The lowest BCUT2D eigenvalue weighted by Crippen LogP contribution is -2.23. The zero-order valence-electron chi connectivity index (χ0n) is 15.3. The third-order valence-electron chi connectivity index (χ3n) is 4.37. The molecule has 0 saturated carbocycles. The molecular formula is C19H24N4O2S. The standard InChI is InChI=1S/C19H24N4O2S/c1-3-4-7-12-22-17(25)15-10-5-6-11-16(15)23-18(22)20-21-19(23)26-13-8-9-14(2)24/h5-6,10-11H,3-4,7-9,12-13H2,1-2H3. The molecule has 138 valence electrons. The molecule has 6 nitrogen and oxygen atoms in total. The first-order valence-corrected chi connectivity index (χ1v) is 10.1. The van der Waals surface area contributed by atoms with E-state index in [0.29, 0.717) is 24.1 Å². The third-order valence-corrected chi connectivity index (χ3v) is 5.38. The van der Waals surface area contributed by atoms with Gasteiger partial charge in [-0.2, -0.15) is 0 Å². The summed E-state index contributed by atoms with van der Waals surface area (Å²) < 4.78 is 3.71. The summed E-state index contributed by atoms with van der Waals surface area (Å²) in [6.07, 6.45) is 4.50. The number of nitrogens with zero attached hydrogens (tertiary/aromatic N) is 4. The number of benzene rings is 1. The summed E-state index contributed by atoms with van der Waals surface area (Å²) in [7, 11) is 0. The summed E-state index contributed by atoms with van der Waals surface area (Å²) in [5.74, 6) is 1.59. The molecule has 0 fully saturated rings. The molecule has 1 aromatic carbocycles. The van der Waals surface area contributed by atoms with Crippen molar-refractivity contribution in [1.82, 2.24) is 19.2 Å². The highest BCUT2D eigenvalue weighted by atomic mass is 32.2. The number of unbranched alkanes of at least 4 members (excludes halogenated alkanes) is 2. The van der Waals surface area contributed by atoms with Gasteiger partial charge in [-0.05, 0) is 31.9 Å². The Labute approximate surface area is 156 Å². The van der Waals surface area contributed by atoms with Crippen LogP contribution in [0.4, 0.5) is 0 Å². The second-order valence-corrected chi connectivity index (χ2v) is 7.52. The Hall–Kier alpha value is -2.15. The fourth-order valence-corrected chi connectivity index (χ4v) is 3.91. The van der Waals surface area contributed by atoms with E-state index in [0.717, 1.165) is 42.1 Å². The first-order chi connectivity index (χ1) is 12.6. The zero-order chi connectivity index (χ0) is 18.5. The quantitative estimate of drug-likeness (QED) is 0.423. The monoisotopic (exact) mass is 372 g/mol. The second kappa shape index (κ2) is 8.49. The predicted molar refractivity (Wildman–Crippen MR) is 105 cm³/mol. The van der Waals surface area contributed by atoms with Gasteiger partial charge in [0.2, 0.25) is 5.78 Å². The number of fused-ring (bicyclic) bond motifs is 3. The molecular weight excluding hydrogens is 348 g/mol. The van der Waals surface area contributed by atoms with Crippen LogP contribution < -0.4 is 5.56 Å². The van der Waals surface area contributed by atoms with Crippen LogP contribution >= 0.6 is 11.8 Å². The zero-order valence-corrected chi connectivity index (χ0v) is 16.1. The number of para-hydroxylation sites is 1. The number of rotatable bonds is 9. The molecule has 0 spiro atoms. The summed E-state index contributed by atoms with van der Waals surface area (Å²) in [5, 5.41) is 10.1. The molecule has 0 saturated heterocycles. The van der Waals surface area contributed by atoms with E-state index >= 15 is 0 Å². The summed E-state index contributed by atoms with van der Waals surface area (Å²) in [4.78, 5) is 24.0. The lowest BCUT2D eigenvalue weighted by atomic mass is 10.2. The Morgan fingerprint density at radius 2 is 1.96 bits per heavy atom. The van der Waals surface area contributed by atoms with Crippen LogP contribution in [0, 0.1) is 0 Å². The van der Waals surface area contributed by atoms with E-state index < -0.39 is 0 Å². The average molecular weight is 372 g/mol. The summed E-state index contributed by atoms with van der Waals surface area (Å²) in [5.41, 5.74) is 0.822. The van der Waals surface area contributed by atoms with Gasteiger partial charge in [0.25, 0.3) is 5.56 Å². The summed E-state index contributed by atoms with van der Waals surface area (Å²) in [6.45, 7) is 4.40. The van der Waals surface area contributed by atoms with E-state index in [-0.39, 0.29) is 11.3 Å². The maximum absolute atomic E-state index is 12.9. The van der Waals surface area contributed by atoms with Crippen molar-refractivity contribution in [3.63, 3.8) is 0 Å². The van der Waals surface area contributed by atoms with Crippen molar-refractivity contribution in [2.45, 2.75) is 57.7 Å². The van der Waals surface area contributed by atoms with E-state index in [2.05, 4.69) is 17.1 Å². The molecule has 26 heavy (non-hydrogen) atoms. The van der Waals surface area contributed by atoms with Crippen LogP contribution in [0.25, 0.3) is 16.7 Å². The fraction of sp³-hybridized carbons (Fsp3) is 0.474. The topological polar surface area (TPSA) is 69.3 Å². The second-order valence-electron chi connectivity index (χ2n) is 6.45. The van der Waals surface area contributed by atoms with Crippen molar-refractivity contribution >= 4 is 34.2 Å². The molecule has 0 amide bonds. The molecule has 0 aliphatic carbocycles. The van der Waals surface area contributed by atoms with E-state index in [4.69, 9.17) is 0 Å². The number of carbonyl (C=O) groups excluding carboxylic acids is 1. The molecule has 3 rings (SSSR count). The van der Waals surface area contributed by atoms with Crippen LogP contribution in [0.2, 0.25) is 0 Å². The van der Waals surface area contributed by atoms with Crippen molar-refractivity contribution in [2.24, 2.45) is 0 Å². The van der Waals surface area contributed by atoms with Gasteiger partial charge in [-0.3, -0.25) is 13.8 Å². The first-order valence-electron chi connectivity index (χ1n) is 9.12. The van der Waals surface area contributed by atoms with Gasteiger partial charge in [-0.15, -0.1) is 10.2 Å². The molecule has 3 aromatic rings. The molecule has 0 radical (unpaired) electrons. The molecule has 2 aromatic heterocycles. The van der Waals surface area contributed by atoms with Crippen LogP contribution in [0.15, 0.2) is 34.2 Å². The van der Waals surface area contributed by atoms with Crippen LogP contribution in [0.1, 0.15) is 46.0 Å². The van der Waals surface area contributed by atoms with Crippen molar-refractivity contribution in [3.05, 3.63) is 34.6 Å². The van der Waals surface area contributed by atoms with Crippen LogP contribution in [-0.2, 0) is 11.3 Å². The molecule has 0 N–H and O–H groups in total. The smallest absolute Gasteiger partial charge is 0.262 e. The van der Waals surface area contributed by atoms with E-state index in [1.54, 1.807) is 23.3 Å². The van der Waals surface area contributed by atoms with Gasteiger partial charge in [-0.25, -0.2) is 0 Å². The molecule has 0 unspecified atom stereocenters. The highest BCUT2D eigenvalue weighted by Gasteiger charge is 2.16. The van der Waals surface area contributed by atoms with Crippen molar-refractivity contribution < 1.29 is 4.79 Å². The SMILES string of the molecule is CCCCCn1c(=O)c2ccccc2n2c(SCCCC(C)=O)nnc12. The van der Waals surface area contributed by atoms with Gasteiger partial charge in [0.1, 0.15) is 5.78 Å². The van der Waals surface area contributed by atoms with Gasteiger partial charge >= 0.3 is 0 Å². The fourth-order valence-electron chi connectivity index (χ4n) is 3.03. The molecule has 0 bridgehead atoms. The van der Waals surface area contributed by atoms with E-state index in [9.17, 15) is 9.59 Å². The number of thioether (sulfide) groups is 1. The Morgan fingerprint density at radius 1 is 1.15 bits per heavy atom. The van der Waals surface area contributed by atoms with Crippen LogP contribution in [0.5, 0.6) is 0 Å². The van der Waals surface area contributed by atoms with E-state index in [1.807, 2.05) is 28.7 Å². The maximum Gasteiger partial charge on any atom is 0.262 e. The minimum absolute atomic E-state index is 0.00951. The Kier molecular flexibility index (Phi) is 6.08. The molecule has 0 aliphatic heterocycles. The molecule has 2 heterocycles. The third kappa shape index (κ3) is 3.82. The van der Waals surface area contributed by atoms with Crippen molar-refractivity contribution in [3.8, 4) is 0 Å². The highest BCUT2D eigenvalue weighted by Crippen LogP contribution is 2.22. The van der Waals surface area contributed by atoms with Crippen LogP contribution in [-0.4, -0.2) is 30.7 Å². The predicted octanol–water partition coefficient (Wildman–Crippen LogP) is 3.70. The minimum Gasteiger partial charge on any atom is -0.300 e. The number of hydrogen-bond acceptors (Lipinski definition) is 5. The average Bonchev–Trinajstić information content (AvgIpc) is 3.05. The number of ketones is 1. The van der Waals surface area contributed by atoms with Crippen molar-refractivity contribution in [1.29, 1.82) is 0 Å². The lowest BCUT2D eigenvalue weighted by molar-refractivity contribution is -0.117. The first kappa shape index (κ1) is 18.6. The summed E-state index contributed by atoms with van der Waals surface area (Å²) in [6, 6.07) is 7.60. The van der Waals surface area contributed by atoms with Gasteiger partial charge in [-0.1, -0.05) is 43.7 Å². The number of Topliss-reactive ketones (excluding diaryl/α,β-unsaturated/α-hetero) is 1. The number of aryl methyl sites for hydroxylation is 1. The Balaban J connectivity index is 2.03. The number of aromatic nitrogens is 4.